The van der Waals surface area contributed by atoms with Crippen molar-refractivity contribution in [1.82, 2.24) is 0 Å². The standard InChI is InChI=1S/C56H100O5/c1-4-7-10-13-16-19-22-25-27-29-30-32-35-38-41-44-47-50-56(58)61-53-54(52-60-55(57)49-46-43-40-37-34-24-21-18-15-12-9-6-3)59-51-48-45-42-39-36-33-31-28-26-23-20-17-14-11-8-5-2/h7,10,16,19,25,27,30,32,38,41,54H,4-6,8-9,11-15,17-18,20-24,26,28-29,31,33-37,39-40,42-53H2,1-3H3/b10-7-,19-16-,27-25-,32-30-,41-38-/t54-/m0/s1. The molecule has 0 bridgehead atoms. The molecule has 0 rings (SSSR count). The number of carbonyl (C=O) groups is 2. The maximum atomic E-state index is 12.6. The third-order valence-electron chi connectivity index (χ3n) is 11.4. The zero-order valence-electron chi connectivity index (χ0n) is 40.7. The number of rotatable bonds is 48. The minimum atomic E-state index is -0.419. The predicted octanol–water partition coefficient (Wildman–Crippen LogP) is 17.7. The first-order valence-electron chi connectivity index (χ1n) is 26.3. The molecule has 0 aliphatic heterocycles. The minimum Gasteiger partial charge on any atom is -0.463 e. The van der Waals surface area contributed by atoms with Crippen LogP contribution in [0.1, 0.15) is 258 Å². The number of allylic oxidation sites excluding steroid dienone is 10. The molecule has 0 unspecified atom stereocenters. The Morgan fingerprint density at radius 3 is 1.05 bits per heavy atom. The van der Waals surface area contributed by atoms with E-state index < -0.39 is 6.10 Å². The van der Waals surface area contributed by atoms with Gasteiger partial charge in [0.2, 0.25) is 0 Å². The van der Waals surface area contributed by atoms with Crippen molar-refractivity contribution in [3.63, 3.8) is 0 Å². The van der Waals surface area contributed by atoms with Crippen LogP contribution < -0.4 is 0 Å². The fourth-order valence-corrected chi connectivity index (χ4v) is 7.40. The first-order chi connectivity index (χ1) is 30.1. The molecule has 0 fully saturated rings. The summed E-state index contributed by atoms with van der Waals surface area (Å²) in [7, 11) is 0. The van der Waals surface area contributed by atoms with E-state index in [4.69, 9.17) is 14.2 Å². The van der Waals surface area contributed by atoms with Gasteiger partial charge in [-0.05, 0) is 57.8 Å². The molecule has 61 heavy (non-hydrogen) atoms. The molecule has 0 N–H and O–H groups in total. The lowest BCUT2D eigenvalue weighted by Gasteiger charge is -2.18. The highest BCUT2D eigenvalue weighted by Gasteiger charge is 2.16. The lowest BCUT2D eigenvalue weighted by molar-refractivity contribution is -0.155. The highest BCUT2D eigenvalue weighted by atomic mass is 16.6. The number of unbranched alkanes of at least 4 members (excludes halogenated alkanes) is 27. The van der Waals surface area contributed by atoms with Crippen LogP contribution in [0, 0.1) is 0 Å². The maximum absolute atomic E-state index is 12.6. The van der Waals surface area contributed by atoms with Crippen molar-refractivity contribution in [2.24, 2.45) is 0 Å². The lowest BCUT2D eigenvalue weighted by atomic mass is 10.0. The van der Waals surface area contributed by atoms with Gasteiger partial charge in [0.25, 0.3) is 0 Å². The van der Waals surface area contributed by atoms with Crippen LogP contribution in [0.2, 0.25) is 0 Å². The summed E-state index contributed by atoms with van der Waals surface area (Å²) >= 11 is 0. The summed E-state index contributed by atoms with van der Waals surface area (Å²) in [5.41, 5.74) is 0. The van der Waals surface area contributed by atoms with Crippen molar-refractivity contribution in [2.75, 3.05) is 19.8 Å². The number of esters is 2. The largest absolute Gasteiger partial charge is 0.463 e. The molecule has 0 aromatic carbocycles. The number of carbonyl (C=O) groups excluding carboxylic acids is 2. The highest BCUT2D eigenvalue weighted by Crippen LogP contribution is 2.15. The average molecular weight is 853 g/mol. The summed E-state index contributed by atoms with van der Waals surface area (Å²) in [5, 5.41) is 0. The summed E-state index contributed by atoms with van der Waals surface area (Å²) in [5.74, 6) is -0.391. The van der Waals surface area contributed by atoms with Crippen molar-refractivity contribution < 1.29 is 23.8 Å². The van der Waals surface area contributed by atoms with Gasteiger partial charge >= 0.3 is 11.9 Å². The number of hydrogen-bond donors (Lipinski definition) is 0. The Morgan fingerprint density at radius 1 is 0.361 bits per heavy atom. The zero-order chi connectivity index (χ0) is 44.2. The van der Waals surface area contributed by atoms with Crippen LogP contribution in [0.5, 0.6) is 0 Å². The summed E-state index contributed by atoms with van der Waals surface area (Å²) in [6.45, 7) is 7.58. The Morgan fingerprint density at radius 2 is 0.672 bits per heavy atom. The van der Waals surface area contributed by atoms with Gasteiger partial charge in [0, 0.05) is 19.4 Å². The van der Waals surface area contributed by atoms with Crippen LogP contribution in [0.15, 0.2) is 60.8 Å². The second-order valence-corrected chi connectivity index (χ2v) is 17.4. The van der Waals surface area contributed by atoms with Crippen molar-refractivity contribution in [3.8, 4) is 0 Å². The highest BCUT2D eigenvalue weighted by molar-refractivity contribution is 5.69. The molecule has 1 atom stereocenters. The van der Waals surface area contributed by atoms with Crippen LogP contribution in [-0.4, -0.2) is 37.9 Å². The predicted molar refractivity (Wildman–Crippen MR) is 265 cm³/mol. The smallest absolute Gasteiger partial charge is 0.305 e. The lowest BCUT2D eigenvalue weighted by Crippen LogP contribution is -2.29. The molecule has 5 nitrogen and oxygen atoms in total. The van der Waals surface area contributed by atoms with E-state index in [9.17, 15) is 9.59 Å². The Balaban J connectivity index is 4.32. The minimum absolute atomic E-state index is 0.130. The van der Waals surface area contributed by atoms with Gasteiger partial charge in [0.1, 0.15) is 19.3 Å². The van der Waals surface area contributed by atoms with Crippen LogP contribution in [0.4, 0.5) is 0 Å². The normalized spacial score (nSPS) is 12.6. The molecule has 0 radical (unpaired) electrons. The first kappa shape index (κ1) is 58.6. The SMILES string of the molecule is CC/C=C\C/C=C\C/C=C\C/C=C\C/C=C\CCCC(=O)OC[C@H](COC(=O)CCCCCCCCCCCCCC)OCCCCCCCCCCCCCCCCCC. The third kappa shape index (κ3) is 50.1. The first-order valence-corrected chi connectivity index (χ1v) is 26.3. The van der Waals surface area contributed by atoms with Gasteiger partial charge in [0.05, 0.1) is 0 Å². The zero-order valence-corrected chi connectivity index (χ0v) is 40.7. The van der Waals surface area contributed by atoms with E-state index in [-0.39, 0.29) is 25.2 Å². The van der Waals surface area contributed by atoms with Crippen LogP contribution in [0.3, 0.4) is 0 Å². The van der Waals surface area contributed by atoms with E-state index in [2.05, 4.69) is 81.5 Å². The molecular formula is C56H100O5. The van der Waals surface area contributed by atoms with Crippen molar-refractivity contribution in [3.05, 3.63) is 60.8 Å². The molecule has 0 aliphatic carbocycles. The van der Waals surface area contributed by atoms with Crippen molar-refractivity contribution >= 4 is 11.9 Å². The topological polar surface area (TPSA) is 61.8 Å². The van der Waals surface area contributed by atoms with Gasteiger partial charge in [-0.2, -0.15) is 0 Å². The number of hydrogen-bond acceptors (Lipinski definition) is 5. The van der Waals surface area contributed by atoms with Gasteiger partial charge < -0.3 is 14.2 Å². The molecule has 0 aromatic heterocycles. The average Bonchev–Trinajstić information content (AvgIpc) is 3.26. The van der Waals surface area contributed by atoms with E-state index in [1.165, 1.54) is 154 Å². The third-order valence-corrected chi connectivity index (χ3v) is 11.4. The Kier molecular flexibility index (Phi) is 49.9. The molecule has 0 saturated heterocycles. The molecule has 0 amide bonds. The molecule has 0 aromatic rings. The van der Waals surface area contributed by atoms with Gasteiger partial charge in [0.15, 0.2) is 0 Å². The van der Waals surface area contributed by atoms with Crippen LogP contribution in [0.25, 0.3) is 0 Å². The summed E-state index contributed by atoms with van der Waals surface area (Å²) in [4.78, 5) is 25.2. The molecule has 0 spiro atoms. The van der Waals surface area contributed by atoms with Gasteiger partial charge in [-0.1, -0.05) is 248 Å². The molecule has 354 valence electrons. The van der Waals surface area contributed by atoms with Crippen molar-refractivity contribution in [2.45, 2.75) is 264 Å². The van der Waals surface area contributed by atoms with Gasteiger partial charge in [-0.3, -0.25) is 9.59 Å². The monoisotopic (exact) mass is 853 g/mol. The van der Waals surface area contributed by atoms with E-state index in [1.54, 1.807) is 0 Å². The Bertz CT molecular complexity index is 1060. The molecular weight excluding hydrogens is 753 g/mol. The maximum Gasteiger partial charge on any atom is 0.305 e. The quantitative estimate of drug-likeness (QED) is 0.0347. The number of ether oxygens (including phenoxy) is 3. The summed E-state index contributed by atoms with van der Waals surface area (Å²) in [6.07, 6.45) is 65.4. The van der Waals surface area contributed by atoms with Gasteiger partial charge in [-0.15, -0.1) is 0 Å². The van der Waals surface area contributed by atoms with E-state index >= 15 is 0 Å². The summed E-state index contributed by atoms with van der Waals surface area (Å²) < 4.78 is 17.4. The summed E-state index contributed by atoms with van der Waals surface area (Å²) in [6, 6.07) is 0. The fourth-order valence-electron chi connectivity index (χ4n) is 7.40. The fraction of sp³-hybridized carbons (Fsp3) is 0.786. The van der Waals surface area contributed by atoms with E-state index in [0.29, 0.717) is 19.4 Å². The molecule has 0 heterocycles. The second-order valence-electron chi connectivity index (χ2n) is 17.4. The van der Waals surface area contributed by atoms with Gasteiger partial charge in [-0.25, -0.2) is 0 Å². The molecule has 0 aliphatic rings. The Hall–Kier alpha value is -2.40. The van der Waals surface area contributed by atoms with Crippen LogP contribution >= 0.6 is 0 Å². The van der Waals surface area contributed by atoms with Crippen LogP contribution in [-0.2, 0) is 23.8 Å². The Labute approximate surface area is 379 Å². The molecule has 5 heteroatoms. The van der Waals surface area contributed by atoms with E-state index in [1.807, 2.05) is 0 Å². The second kappa shape index (κ2) is 51.9. The van der Waals surface area contributed by atoms with E-state index in [0.717, 1.165) is 70.6 Å². The van der Waals surface area contributed by atoms with Crippen molar-refractivity contribution in [1.29, 1.82) is 0 Å². The molecule has 0 saturated carbocycles.